The van der Waals surface area contributed by atoms with Gasteiger partial charge in [0.1, 0.15) is 12.2 Å². The molecule has 0 radical (unpaired) electrons. The molecule has 52 heavy (non-hydrogen) atoms. The Balaban J connectivity index is 2.15. The van der Waals surface area contributed by atoms with Gasteiger partial charge in [-0.2, -0.15) is 0 Å². The summed E-state index contributed by atoms with van der Waals surface area (Å²) >= 11 is 6.86. The lowest BCUT2D eigenvalue weighted by Crippen LogP contribution is -2.68. The Morgan fingerprint density at radius 3 is 2.08 bits per heavy atom. The van der Waals surface area contributed by atoms with Crippen LogP contribution in [-0.4, -0.2) is 97.3 Å². The van der Waals surface area contributed by atoms with Crippen molar-refractivity contribution in [1.29, 1.82) is 0 Å². The average molecular weight is 765 g/mol. The third kappa shape index (κ3) is 12.5. The Bertz CT molecular complexity index is 1620. The zero-order valence-electron chi connectivity index (χ0n) is 29.4. The highest BCUT2D eigenvalue weighted by Crippen LogP contribution is 2.46. The molecule has 1 heterocycles. The predicted molar refractivity (Wildman–Crippen MR) is 185 cm³/mol. The standard InChI is InChI=1S/C35H41ClN2O13S/c1-19-7-13-26(14-8-19)52-35(34(45)46-6)16-27(48-21(3)40)31(38-30(44)18-47-20(2)39)33(51-35)32(50-23(5)42)28(49-22(4)41)17-37-29(43)15-24-9-11-25(36)12-10-24/h7-14,27-28,31-33H,15-18H2,1-6H3,(H,37,43)(H,38,44)/t27-,28+,31?,32+,33+,35+/m0/s1. The number of aryl methyl sites for hydroxylation is 1. The summed E-state index contributed by atoms with van der Waals surface area (Å²) in [7, 11) is 1.12. The van der Waals surface area contributed by atoms with E-state index < -0.39 is 96.6 Å². The third-order valence-corrected chi connectivity index (χ3v) is 9.01. The van der Waals surface area contributed by atoms with Crippen LogP contribution >= 0.6 is 23.4 Å². The molecule has 1 fully saturated rings. The maximum absolute atomic E-state index is 13.7. The number of ether oxygens (including phenoxy) is 6. The Kier molecular flexibility index (Phi) is 15.5. The lowest BCUT2D eigenvalue weighted by atomic mass is 9.89. The van der Waals surface area contributed by atoms with E-state index in [0.717, 1.165) is 52.1 Å². The quantitative estimate of drug-likeness (QED) is 0.198. The fourth-order valence-electron chi connectivity index (χ4n) is 5.35. The van der Waals surface area contributed by atoms with Gasteiger partial charge in [0.05, 0.1) is 26.1 Å². The minimum atomic E-state index is -2.01. The second-order valence-corrected chi connectivity index (χ2v) is 13.6. The molecular formula is C35H41ClN2O13S. The SMILES string of the molecule is COC(=O)[C@]1(Sc2ccc(C)cc2)C[C@H](OC(C)=O)C(NC(=O)COC(C)=O)[C@H]([C@H](OC(C)=O)[C@@H](CNC(=O)Cc2ccc(Cl)cc2)OC(C)=O)O1. The zero-order chi connectivity index (χ0) is 38.6. The van der Waals surface area contributed by atoms with Crippen molar-refractivity contribution >= 4 is 65.0 Å². The number of thioether (sulfide) groups is 1. The van der Waals surface area contributed by atoms with Crippen LogP contribution in [0, 0.1) is 6.92 Å². The first-order chi connectivity index (χ1) is 24.5. The van der Waals surface area contributed by atoms with Gasteiger partial charge in [-0.3, -0.25) is 28.8 Å². The lowest BCUT2D eigenvalue weighted by molar-refractivity contribution is -0.221. The van der Waals surface area contributed by atoms with Crippen molar-refractivity contribution in [3.05, 3.63) is 64.7 Å². The van der Waals surface area contributed by atoms with Gasteiger partial charge in [-0.05, 0) is 36.8 Å². The van der Waals surface area contributed by atoms with Crippen LogP contribution in [0.15, 0.2) is 53.4 Å². The van der Waals surface area contributed by atoms with Crippen LogP contribution in [0.25, 0.3) is 0 Å². The van der Waals surface area contributed by atoms with Crippen LogP contribution in [0.3, 0.4) is 0 Å². The van der Waals surface area contributed by atoms with E-state index in [4.69, 9.17) is 40.0 Å². The van der Waals surface area contributed by atoms with Gasteiger partial charge in [0.15, 0.2) is 18.8 Å². The van der Waals surface area contributed by atoms with Crippen molar-refractivity contribution < 1.29 is 62.0 Å². The molecule has 0 aromatic heterocycles. The van der Waals surface area contributed by atoms with E-state index in [1.165, 1.54) is 0 Å². The van der Waals surface area contributed by atoms with Crippen LogP contribution in [0.2, 0.25) is 5.02 Å². The minimum Gasteiger partial charge on any atom is -0.466 e. The number of methoxy groups -OCH3 is 1. The van der Waals surface area contributed by atoms with Crippen molar-refractivity contribution in [2.24, 2.45) is 0 Å². The van der Waals surface area contributed by atoms with Crippen LogP contribution < -0.4 is 10.6 Å². The van der Waals surface area contributed by atoms with E-state index in [9.17, 15) is 33.6 Å². The van der Waals surface area contributed by atoms with Gasteiger partial charge in [0.2, 0.25) is 10.8 Å². The Hall–Kier alpha value is -4.67. The maximum Gasteiger partial charge on any atom is 0.349 e. The summed E-state index contributed by atoms with van der Waals surface area (Å²) in [6.45, 7) is 5.02. The molecule has 3 rings (SSSR count). The fraction of sp³-hybridized carbons (Fsp3) is 0.457. The number of nitrogens with one attached hydrogen (secondary N) is 2. The Morgan fingerprint density at radius 1 is 0.885 bits per heavy atom. The summed E-state index contributed by atoms with van der Waals surface area (Å²) in [4.78, 5) is 87.6. The fourth-order valence-corrected chi connectivity index (χ4v) is 6.71. The molecule has 6 atom stereocenters. The monoisotopic (exact) mass is 764 g/mol. The molecule has 2 N–H and O–H groups in total. The van der Waals surface area contributed by atoms with Gasteiger partial charge in [0.25, 0.3) is 5.91 Å². The highest BCUT2D eigenvalue weighted by molar-refractivity contribution is 8.01. The van der Waals surface area contributed by atoms with Crippen molar-refractivity contribution in [2.75, 3.05) is 20.3 Å². The number of carbonyl (C=O) groups excluding carboxylic acids is 7. The topological polar surface area (TPSA) is 199 Å². The molecule has 0 saturated carbocycles. The van der Waals surface area contributed by atoms with E-state index in [1.807, 2.05) is 6.92 Å². The van der Waals surface area contributed by atoms with Gasteiger partial charge in [-0.15, -0.1) is 0 Å². The van der Waals surface area contributed by atoms with E-state index in [1.54, 1.807) is 48.5 Å². The summed E-state index contributed by atoms with van der Waals surface area (Å²) < 4.78 is 33.5. The molecule has 0 spiro atoms. The van der Waals surface area contributed by atoms with E-state index in [2.05, 4.69) is 10.6 Å². The molecule has 17 heteroatoms. The molecule has 1 saturated heterocycles. The summed E-state index contributed by atoms with van der Waals surface area (Å²) in [6, 6.07) is 12.1. The second kappa shape index (κ2) is 19.2. The molecule has 0 bridgehead atoms. The van der Waals surface area contributed by atoms with Crippen molar-refractivity contribution in [3.8, 4) is 0 Å². The zero-order valence-corrected chi connectivity index (χ0v) is 31.0. The summed E-state index contributed by atoms with van der Waals surface area (Å²) in [5.41, 5.74) is 1.54. The highest BCUT2D eigenvalue weighted by atomic mass is 35.5. The maximum atomic E-state index is 13.7. The van der Waals surface area contributed by atoms with Gasteiger partial charge < -0.3 is 39.1 Å². The molecular weight excluding hydrogens is 724 g/mol. The van der Waals surface area contributed by atoms with E-state index >= 15 is 0 Å². The molecule has 2 aromatic carbocycles. The number of carbonyl (C=O) groups is 7. The Labute approximate surface area is 309 Å². The minimum absolute atomic E-state index is 0.0931. The number of rotatable bonds is 15. The summed E-state index contributed by atoms with van der Waals surface area (Å²) in [5.74, 6) is -5.61. The molecule has 2 amide bonds. The number of halogens is 1. The first-order valence-electron chi connectivity index (χ1n) is 16.0. The first-order valence-corrected chi connectivity index (χ1v) is 17.2. The van der Waals surface area contributed by atoms with E-state index in [0.29, 0.717) is 15.5 Å². The summed E-state index contributed by atoms with van der Waals surface area (Å²) in [5, 5.41) is 5.73. The normalized spacial score (nSPS) is 20.6. The van der Waals surface area contributed by atoms with Crippen LogP contribution in [-0.2, 0) is 68.4 Å². The molecule has 1 aliphatic heterocycles. The molecule has 15 nitrogen and oxygen atoms in total. The van der Waals surface area contributed by atoms with Crippen LogP contribution in [0.1, 0.15) is 45.2 Å². The number of esters is 5. The van der Waals surface area contributed by atoms with Gasteiger partial charge >= 0.3 is 29.8 Å². The average Bonchev–Trinajstić information content (AvgIpc) is 3.07. The number of benzene rings is 2. The van der Waals surface area contributed by atoms with Crippen LogP contribution in [0.4, 0.5) is 0 Å². The molecule has 1 unspecified atom stereocenters. The molecule has 1 aliphatic rings. The van der Waals surface area contributed by atoms with Gasteiger partial charge in [-0.25, -0.2) is 4.79 Å². The molecule has 2 aromatic rings. The lowest BCUT2D eigenvalue weighted by Gasteiger charge is -2.48. The molecule has 0 aliphatic carbocycles. The predicted octanol–water partition coefficient (Wildman–Crippen LogP) is 2.60. The first kappa shape index (κ1) is 41.7. The number of hydrogen-bond acceptors (Lipinski definition) is 14. The van der Waals surface area contributed by atoms with Gasteiger partial charge in [0, 0.05) is 44.0 Å². The summed E-state index contributed by atoms with van der Waals surface area (Å²) in [6.07, 6.45) is -6.66. The highest BCUT2D eigenvalue weighted by Gasteiger charge is 2.59. The van der Waals surface area contributed by atoms with Crippen LogP contribution in [0.5, 0.6) is 0 Å². The van der Waals surface area contributed by atoms with Crippen molar-refractivity contribution in [2.45, 2.75) is 87.7 Å². The van der Waals surface area contributed by atoms with Crippen molar-refractivity contribution in [3.63, 3.8) is 0 Å². The number of amides is 2. The van der Waals surface area contributed by atoms with E-state index in [-0.39, 0.29) is 6.42 Å². The second-order valence-electron chi connectivity index (χ2n) is 11.8. The third-order valence-electron chi connectivity index (χ3n) is 7.49. The smallest absolute Gasteiger partial charge is 0.349 e. The largest absolute Gasteiger partial charge is 0.466 e. The van der Waals surface area contributed by atoms with Crippen molar-refractivity contribution in [1.82, 2.24) is 10.6 Å². The Morgan fingerprint density at radius 2 is 1.52 bits per heavy atom. The number of hydrogen-bond donors (Lipinski definition) is 2. The molecule has 282 valence electrons. The van der Waals surface area contributed by atoms with Gasteiger partial charge in [-0.1, -0.05) is 53.2 Å².